The number of nitrogens with zero attached hydrogens (tertiary/aromatic N) is 3. The van der Waals surface area contributed by atoms with Crippen LogP contribution in [0.1, 0.15) is 0 Å². The van der Waals surface area contributed by atoms with Gasteiger partial charge in [0.1, 0.15) is 11.9 Å². The van der Waals surface area contributed by atoms with Crippen molar-refractivity contribution in [3.63, 3.8) is 0 Å². The average molecular weight is 298 g/mol. The van der Waals surface area contributed by atoms with Crippen LogP contribution in [0.15, 0.2) is 34.9 Å². The van der Waals surface area contributed by atoms with Gasteiger partial charge in [-0.2, -0.15) is 0 Å². The molecule has 0 unspecified atom stereocenters. The molecule has 88 valence electrons. The van der Waals surface area contributed by atoms with Gasteiger partial charge < -0.3 is 4.74 Å². The van der Waals surface area contributed by atoms with Crippen LogP contribution in [0.2, 0.25) is 0 Å². The molecule has 0 atom stereocenters. The Balaban J connectivity index is 2.32. The molecular formula is C10H8BrN3O3. The number of hydrogen-bond donors (Lipinski definition) is 0. The fourth-order valence-corrected chi connectivity index (χ4v) is 1.67. The zero-order valence-corrected chi connectivity index (χ0v) is 10.4. The van der Waals surface area contributed by atoms with Gasteiger partial charge in [0.05, 0.1) is 4.92 Å². The van der Waals surface area contributed by atoms with Gasteiger partial charge in [0.2, 0.25) is 0 Å². The zero-order chi connectivity index (χ0) is 12.4. The Hall–Kier alpha value is -1.89. The Labute approximate surface area is 105 Å². The maximum Gasteiger partial charge on any atom is 0.350 e. The highest BCUT2D eigenvalue weighted by molar-refractivity contribution is 9.10. The van der Waals surface area contributed by atoms with Gasteiger partial charge in [-0.25, -0.2) is 0 Å². The Kier molecular flexibility index (Phi) is 3.10. The minimum atomic E-state index is -0.527. The fraction of sp³-hybridized carbons (Fsp3) is 0.100. The van der Waals surface area contributed by atoms with E-state index in [1.54, 1.807) is 25.2 Å². The quantitative estimate of drug-likeness (QED) is 0.645. The molecule has 0 N–H and O–H groups in total. The second-order valence-electron chi connectivity index (χ2n) is 3.31. The summed E-state index contributed by atoms with van der Waals surface area (Å²) in [6.07, 6.45) is 1.30. The van der Waals surface area contributed by atoms with Crippen LogP contribution in [-0.2, 0) is 7.05 Å². The molecule has 2 aromatic rings. The third-order valence-electron chi connectivity index (χ3n) is 1.98. The van der Waals surface area contributed by atoms with Gasteiger partial charge in [-0.15, -0.1) is 5.10 Å². The predicted molar refractivity (Wildman–Crippen MR) is 64.1 cm³/mol. The van der Waals surface area contributed by atoms with Gasteiger partial charge in [0, 0.05) is 11.5 Å². The number of nitro groups is 1. The summed E-state index contributed by atoms with van der Waals surface area (Å²) in [4.78, 5) is 10.2. The molecule has 0 saturated carbocycles. The fourth-order valence-electron chi connectivity index (χ4n) is 1.30. The van der Waals surface area contributed by atoms with Crippen molar-refractivity contribution in [1.82, 2.24) is 9.78 Å². The standard InChI is InChI=1S/C10H8BrN3O3/c1-13-6-9(14(15)16)10(12-13)17-8-4-2-3-7(11)5-8/h2-6H,1H3. The molecule has 6 nitrogen and oxygen atoms in total. The predicted octanol–water partition coefficient (Wildman–Crippen LogP) is 2.88. The normalized spacial score (nSPS) is 10.2. The molecule has 7 heteroatoms. The van der Waals surface area contributed by atoms with Crippen LogP contribution in [0.3, 0.4) is 0 Å². The molecular weight excluding hydrogens is 290 g/mol. The number of rotatable bonds is 3. The van der Waals surface area contributed by atoms with E-state index in [1.807, 2.05) is 6.07 Å². The zero-order valence-electron chi connectivity index (χ0n) is 8.83. The van der Waals surface area contributed by atoms with E-state index >= 15 is 0 Å². The van der Waals surface area contributed by atoms with Gasteiger partial charge in [-0.1, -0.05) is 22.0 Å². The van der Waals surface area contributed by atoms with Crippen LogP contribution in [-0.4, -0.2) is 14.7 Å². The number of hydrogen-bond acceptors (Lipinski definition) is 4. The van der Waals surface area contributed by atoms with Crippen molar-refractivity contribution in [3.05, 3.63) is 45.0 Å². The maximum absolute atomic E-state index is 10.8. The molecule has 2 rings (SSSR count). The molecule has 0 amide bonds. The summed E-state index contributed by atoms with van der Waals surface area (Å²) in [5, 5.41) is 14.6. The van der Waals surface area contributed by atoms with Gasteiger partial charge >= 0.3 is 11.6 Å². The van der Waals surface area contributed by atoms with Crippen molar-refractivity contribution in [3.8, 4) is 11.6 Å². The van der Waals surface area contributed by atoms with E-state index in [1.165, 1.54) is 10.9 Å². The third-order valence-corrected chi connectivity index (χ3v) is 2.48. The monoisotopic (exact) mass is 297 g/mol. The summed E-state index contributed by atoms with van der Waals surface area (Å²) >= 11 is 3.29. The first-order valence-electron chi connectivity index (χ1n) is 4.68. The summed E-state index contributed by atoms with van der Waals surface area (Å²) in [7, 11) is 1.60. The van der Waals surface area contributed by atoms with Crippen molar-refractivity contribution < 1.29 is 9.66 Å². The van der Waals surface area contributed by atoms with Crippen molar-refractivity contribution in [2.75, 3.05) is 0 Å². The van der Waals surface area contributed by atoms with E-state index in [-0.39, 0.29) is 11.6 Å². The van der Waals surface area contributed by atoms with E-state index in [2.05, 4.69) is 21.0 Å². The lowest BCUT2D eigenvalue weighted by Crippen LogP contribution is -1.91. The molecule has 0 aliphatic heterocycles. The molecule has 0 aliphatic carbocycles. The van der Waals surface area contributed by atoms with Gasteiger partial charge in [-0.3, -0.25) is 14.8 Å². The molecule has 1 aromatic heterocycles. The van der Waals surface area contributed by atoms with Crippen LogP contribution in [0.25, 0.3) is 0 Å². The Morgan fingerprint density at radius 2 is 2.29 bits per heavy atom. The summed E-state index contributed by atoms with van der Waals surface area (Å²) in [5.74, 6) is 0.469. The molecule has 17 heavy (non-hydrogen) atoms. The van der Waals surface area contributed by atoms with Gasteiger partial charge in [0.25, 0.3) is 0 Å². The highest BCUT2D eigenvalue weighted by Gasteiger charge is 2.20. The average Bonchev–Trinajstić information content (AvgIpc) is 2.59. The Morgan fingerprint density at radius 1 is 1.53 bits per heavy atom. The molecule has 1 heterocycles. The SMILES string of the molecule is Cn1cc([N+](=O)[O-])c(Oc2cccc(Br)c2)n1. The Morgan fingerprint density at radius 3 is 2.94 bits per heavy atom. The first-order valence-corrected chi connectivity index (χ1v) is 5.47. The number of benzene rings is 1. The van der Waals surface area contributed by atoms with Gasteiger partial charge in [-0.05, 0) is 18.2 Å². The second kappa shape index (κ2) is 4.54. The number of aryl methyl sites for hydroxylation is 1. The number of halogens is 1. The van der Waals surface area contributed by atoms with Crippen molar-refractivity contribution >= 4 is 21.6 Å². The smallest absolute Gasteiger partial charge is 0.350 e. The second-order valence-corrected chi connectivity index (χ2v) is 4.23. The lowest BCUT2D eigenvalue weighted by molar-refractivity contribution is -0.385. The molecule has 1 aromatic carbocycles. The molecule has 0 spiro atoms. The van der Waals surface area contributed by atoms with Gasteiger partial charge in [0.15, 0.2) is 0 Å². The van der Waals surface area contributed by atoms with Crippen LogP contribution in [0, 0.1) is 10.1 Å². The molecule has 0 bridgehead atoms. The molecule has 0 aliphatic rings. The van der Waals surface area contributed by atoms with E-state index in [0.717, 1.165) is 4.47 Å². The number of ether oxygens (including phenoxy) is 1. The minimum Gasteiger partial charge on any atom is -0.433 e. The topological polar surface area (TPSA) is 70.2 Å². The summed E-state index contributed by atoms with van der Waals surface area (Å²) in [6.45, 7) is 0. The largest absolute Gasteiger partial charge is 0.433 e. The van der Waals surface area contributed by atoms with Crippen LogP contribution < -0.4 is 4.74 Å². The van der Waals surface area contributed by atoms with E-state index in [9.17, 15) is 10.1 Å². The van der Waals surface area contributed by atoms with Crippen molar-refractivity contribution in [2.45, 2.75) is 0 Å². The summed E-state index contributed by atoms with van der Waals surface area (Å²) in [6, 6.07) is 7.01. The molecule has 0 saturated heterocycles. The molecule has 0 radical (unpaired) electrons. The third kappa shape index (κ3) is 2.62. The number of aromatic nitrogens is 2. The first kappa shape index (κ1) is 11.6. The van der Waals surface area contributed by atoms with Crippen LogP contribution in [0.5, 0.6) is 11.6 Å². The lowest BCUT2D eigenvalue weighted by atomic mass is 10.3. The van der Waals surface area contributed by atoms with Crippen LogP contribution >= 0.6 is 15.9 Å². The van der Waals surface area contributed by atoms with Crippen LogP contribution in [0.4, 0.5) is 5.69 Å². The van der Waals surface area contributed by atoms with E-state index in [4.69, 9.17) is 4.74 Å². The maximum atomic E-state index is 10.8. The highest BCUT2D eigenvalue weighted by Crippen LogP contribution is 2.30. The van der Waals surface area contributed by atoms with E-state index in [0.29, 0.717) is 5.75 Å². The van der Waals surface area contributed by atoms with E-state index < -0.39 is 4.92 Å². The lowest BCUT2D eigenvalue weighted by Gasteiger charge is -2.01. The summed E-state index contributed by atoms with van der Waals surface area (Å²) < 4.78 is 7.53. The molecule has 0 fully saturated rings. The van der Waals surface area contributed by atoms with Crippen molar-refractivity contribution in [1.29, 1.82) is 0 Å². The summed E-state index contributed by atoms with van der Waals surface area (Å²) in [5.41, 5.74) is -0.160. The minimum absolute atomic E-state index is 0.0180. The highest BCUT2D eigenvalue weighted by atomic mass is 79.9. The van der Waals surface area contributed by atoms with Crippen molar-refractivity contribution in [2.24, 2.45) is 7.05 Å². The Bertz CT molecular complexity index is 568. The first-order chi connectivity index (χ1) is 8.06.